The Hall–Kier alpha value is -1.16. The number of aliphatic hydroxyl groups excluding tert-OH is 1. The van der Waals surface area contributed by atoms with E-state index in [1.54, 1.807) is 22.7 Å². The predicted octanol–water partition coefficient (Wildman–Crippen LogP) is 5.34. The van der Waals surface area contributed by atoms with Gasteiger partial charge in [0.1, 0.15) is 6.10 Å². The van der Waals surface area contributed by atoms with Crippen LogP contribution < -0.4 is 0 Å². The monoisotopic (exact) mass is 302 g/mol. The summed E-state index contributed by atoms with van der Waals surface area (Å²) in [6, 6.07) is 12.4. The zero-order valence-corrected chi connectivity index (χ0v) is 13.5. The van der Waals surface area contributed by atoms with E-state index in [2.05, 4.69) is 50.4 Å². The Morgan fingerprint density at radius 1 is 1.05 bits per heavy atom. The van der Waals surface area contributed by atoms with Crippen molar-refractivity contribution >= 4 is 32.8 Å². The van der Waals surface area contributed by atoms with Crippen LogP contribution in [0.1, 0.15) is 42.2 Å². The molecule has 3 aromatic rings. The Balaban J connectivity index is 2.02. The van der Waals surface area contributed by atoms with Crippen LogP contribution in [0.4, 0.5) is 0 Å². The lowest BCUT2D eigenvalue weighted by atomic mass is 9.95. The maximum atomic E-state index is 10.7. The van der Waals surface area contributed by atoms with Crippen LogP contribution in [0.3, 0.4) is 0 Å². The topological polar surface area (TPSA) is 20.2 Å². The lowest BCUT2D eigenvalue weighted by Crippen LogP contribution is -2.07. The third kappa shape index (κ3) is 2.41. The highest BCUT2D eigenvalue weighted by atomic mass is 32.1. The minimum atomic E-state index is -0.529. The van der Waals surface area contributed by atoms with E-state index in [9.17, 15) is 5.11 Å². The third-order valence-electron chi connectivity index (χ3n) is 3.44. The van der Waals surface area contributed by atoms with Crippen LogP contribution in [0, 0.1) is 0 Å². The molecule has 1 unspecified atom stereocenters. The highest BCUT2D eigenvalue weighted by Crippen LogP contribution is 2.37. The van der Waals surface area contributed by atoms with E-state index in [1.807, 2.05) is 12.1 Å². The zero-order chi connectivity index (χ0) is 14.3. The maximum absolute atomic E-state index is 10.7. The summed E-state index contributed by atoms with van der Waals surface area (Å²) in [4.78, 5) is 2.33. The Morgan fingerprint density at radius 3 is 2.55 bits per heavy atom. The van der Waals surface area contributed by atoms with E-state index < -0.39 is 6.10 Å². The Morgan fingerprint density at radius 2 is 1.85 bits per heavy atom. The van der Waals surface area contributed by atoms with Gasteiger partial charge >= 0.3 is 0 Å². The van der Waals surface area contributed by atoms with Gasteiger partial charge in [0.05, 0.1) is 0 Å². The van der Waals surface area contributed by atoms with E-state index in [0.717, 1.165) is 10.4 Å². The van der Waals surface area contributed by atoms with Gasteiger partial charge in [-0.15, -0.1) is 22.7 Å². The highest BCUT2D eigenvalue weighted by molar-refractivity contribution is 7.17. The lowest BCUT2D eigenvalue weighted by Gasteiger charge is -2.16. The summed E-state index contributed by atoms with van der Waals surface area (Å²) in [5, 5.41) is 14.0. The summed E-state index contributed by atoms with van der Waals surface area (Å²) < 4.78 is 1.19. The smallest absolute Gasteiger partial charge is 0.115 e. The third-order valence-corrected chi connectivity index (χ3v) is 5.98. The molecule has 0 aliphatic heterocycles. The number of rotatable bonds is 2. The normalized spacial score (nSPS) is 13.8. The molecule has 0 amide bonds. The number of fused-ring (bicyclic) bond motifs is 1. The van der Waals surface area contributed by atoms with Crippen molar-refractivity contribution in [1.29, 1.82) is 0 Å². The molecule has 0 radical (unpaired) electrons. The van der Waals surface area contributed by atoms with E-state index in [4.69, 9.17) is 0 Å². The number of hydrogen-bond acceptors (Lipinski definition) is 3. The highest BCUT2D eigenvalue weighted by Gasteiger charge is 2.20. The molecule has 1 aromatic carbocycles. The first-order valence-electron chi connectivity index (χ1n) is 6.71. The molecule has 0 spiro atoms. The van der Waals surface area contributed by atoms with Crippen molar-refractivity contribution in [2.45, 2.75) is 32.3 Å². The Kier molecular flexibility index (Phi) is 3.44. The second kappa shape index (κ2) is 4.99. The fourth-order valence-corrected chi connectivity index (χ4v) is 4.30. The molecular formula is C17H18OS2. The Labute approximate surface area is 127 Å². The summed E-state index contributed by atoms with van der Waals surface area (Å²) in [6.07, 6.45) is -0.529. The second-order valence-corrected chi connectivity index (χ2v) is 8.07. The average molecular weight is 302 g/mol. The Bertz CT molecular complexity index is 731. The molecule has 1 atom stereocenters. The van der Waals surface area contributed by atoms with Gasteiger partial charge in [0.15, 0.2) is 0 Å². The van der Waals surface area contributed by atoms with Crippen LogP contribution in [0.5, 0.6) is 0 Å². The van der Waals surface area contributed by atoms with E-state index in [1.165, 1.54) is 15.0 Å². The molecule has 0 aliphatic rings. The first-order chi connectivity index (χ1) is 9.47. The molecule has 3 heteroatoms. The molecule has 104 valence electrons. The van der Waals surface area contributed by atoms with Gasteiger partial charge in [0.25, 0.3) is 0 Å². The van der Waals surface area contributed by atoms with Crippen molar-refractivity contribution in [3.05, 3.63) is 57.1 Å². The van der Waals surface area contributed by atoms with Crippen molar-refractivity contribution in [2.24, 2.45) is 0 Å². The first-order valence-corrected chi connectivity index (χ1v) is 8.41. The zero-order valence-electron chi connectivity index (χ0n) is 11.9. The van der Waals surface area contributed by atoms with E-state index in [0.29, 0.717) is 0 Å². The number of thiophene rings is 2. The minimum Gasteiger partial charge on any atom is -0.383 e. The van der Waals surface area contributed by atoms with Crippen molar-refractivity contribution < 1.29 is 5.11 Å². The summed E-state index contributed by atoms with van der Waals surface area (Å²) in [5.41, 5.74) is 1.15. The van der Waals surface area contributed by atoms with Crippen LogP contribution in [0.25, 0.3) is 10.1 Å². The predicted molar refractivity (Wildman–Crippen MR) is 88.9 cm³/mol. The SMILES string of the molecule is CC(C)(C)c1ccc(C(O)c2cccc3ccsc23)s1. The molecule has 0 saturated carbocycles. The van der Waals surface area contributed by atoms with Gasteiger partial charge in [-0.05, 0) is 34.4 Å². The van der Waals surface area contributed by atoms with Crippen LogP contribution in [0.2, 0.25) is 0 Å². The molecule has 2 heterocycles. The molecule has 0 saturated heterocycles. The van der Waals surface area contributed by atoms with E-state index >= 15 is 0 Å². The van der Waals surface area contributed by atoms with Crippen LogP contribution in [-0.4, -0.2) is 5.11 Å². The molecular weight excluding hydrogens is 284 g/mol. The average Bonchev–Trinajstić information content (AvgIpc) is 3.05. The van der Waals surface area contributed by atoms with Gasteiger partial charge in [-0.1, -0.05) is 39.0 Å². The fourth-order valence-electron chi connectivity index (χ4n) is 2.29. The van der Waals surface area contributed by atoms with Gasteiger partial charge in [0, 0.05) is 20.0 Å². The molecule has 1 nitrogen and oxygen atoms in total. The van der Waals surface area contributed by atoms with Gasteiger partial charge in [0.2, 0.25) is 0 Å². The lowest BCUT2D eigenvalue weighted by molar-refractivity contribution is 0.226. The number of benzene rings is 1. The number of aliphatic hydroxyl groups is 1. The quantitative estimate of drug-likeness (QED) is 0.677. The van der Waals surface area contributed by atoms with Gasteiger partial charge in [-0.25, -0.2) is 0 Å². The molecule has 0 bridgehead atoms. The largest absolute Gasteiger partial charge is 0.383 e. The molecule has 2 aromatic heterocycles. The van der Waals surface area contributed by atoms with Crippen molar-refractivity contribution in [3.63, 3.8) is 0 Å². The molecule has 1 N–H and O–H groups in total. The van der Waals surface area contributed by atoms with Crippen LogP contribution >= 0.6 is 22.7 Å². The summed E-state index contributed by atoms with van der Waals surface area (Å²) >= 11 is 3.40. The van der Waals surface area contributed by atoms with Crippen LogP contribution in [0.15, 0.2) is 41.8 Å². The van der Waals surface area contributed by atoms with Crippen molar-refractivity contribution in [1.82, 2.24) is 0 Å². The van der Waals surface area contributed by atoms with Gasteiger partial charge < -0.3 is 5.11 Å². The van der Waals surface area contributed by atoms with E-state index in [-0.39, 0.29) is 5.41 Å². The van der Waals surface area contributed by atoms with Gasteiger partial charge in [-0.2, -0.15) is 0 Å². The van der Waals surface area contributed by atoms with Crippen molar-refractivity contribution in [3.8, 4) is 0 Å². The molecule has 0 fully saturated rings. The summed E-state index contributed by atoms with van der Waals surface area (Å²) in [7, 11) is 0. The van der Waals surface area contributed by atoms with Crippen LogP contribution in [-0.2, 0) is 5.41 Å². The summed E-state index contributed by atoms with van der Waals surface area (Å²) in [6.45, 7) is 6.61. The van der Waals surface area contributed by atoms with Crippen molar-refractivity contribution in [2.75, 3.05) is 0 Å². The minimum absolute atomic E-state index is 0.136. The molecule has 20 heavy (non-hydrogen) atoms. The van der Waals surface area contributed by atoms with Gasteiger partial charge in [-0.3, -0.25) is 0 Å². The number of hydrogen-bond donors (Lipinski definition) is 1. The standard InChI is InChI=1S/C17H18OS2/c1-17(2,3)14-8-7-13(20-14)15(18)12-6-4-5-11-9-10-19-16(11)12/h4-10,15,18H,1-3H3. The maximum Gasteiger partial charge on any atom is 0.115 e. The molecule has 3 rings (SSSR count). The summed E-state index contributed by atoms with van der Waals surface area (Å²) in [5.74, 6) is 0. The molecule has 0 aliphatic carbocycles. The first kappa shape index (κ1) is 13.8. The second-order valence-electron chi connectivity index (χ2n) is 6.04. The fraction of sp³-hybridized carbons (Fsp3) is 0.294.